The molecule has 0 radical (unpaired) electrons. The second-order valence-electron chi connectivity index (χ2n) is 3.93. The fraction of sp³-hybridized carbons (Fsp3) is 0.300. The van der Waals surface area contributed by atoms with Gasteiger partial charge in [-0.2, -0.15) is 5.10 Å². The predicted octanol–water partition coefficient (Wildman–Crippen LogP) is 1.73. The van der Waals surface area contributed by atoms with Gasteiger partial charge in [0.1, 0.15) is 4.90 Å². The van der Waals surface area contributed by atoms with E-state index in [0.717, 1.165) is 10.4 Å². The fourth-order valence-electron chi connectivity index (χ4n) is 1.54. The van der Waals surface area contributed by atoms with Crippen molar-refractivity contribution in [3.05, 3.63) is 32.7 Å². The number of hydrogen-bond acceptors (Lipinski definition) is 5. The molecule has 0 fully saturated rings. The molecule has 0 bridgehead atoms. The van der Waals surface area contributed by atoms with E-state index < -0.39 is 10.0 Å². The molecule has 4 N–H and O–H groups in total. The fourth-order valence-corrected chi connectivity index (χ4v) is 5.34. The predicted molar refractivity (Wildman–Crippen MR) is 77.2 cm³/mol. The molecule has 19 heavy (non-hydrogen) atoms. The second-order valence-corrected chi connectivity index (χ2v) is 8.07. The van der Waals surface area contributed by atoms with Crippen LogP contribution in [0.4, 0.5) is 0 Å². The van der Waals surface area contributed by atoms with Gasteiger partial charge in [0.25, 0.3) is 0 Å². The zero-order chi connectivity index (χ0) is 14.0. The Hall–Kier alpha value is -0.740. The molecule has 2 aromatic heterocycles. The summed E-state index contributed by atoms with van der Waals surface area (Å²) >= 11 is 4.58. The molecule has 0 aliphatic rings. The van der Waals surface area contributed by atoms with Crippen LogP contribution in [0.5, 0.6) is 0 Å². The average Bonchev–Trinajstić information content (AvgIpc) is 2.96. The summed E-state index contributed by atoms with van der Waals surface area (Å²) in [5.74, 6) is 0. The van der Waals surface area contributed by atoms with Gasteiger partial charge in [-0.15, -0.1) is 11.3 Å². The van der Waals surface area contributed by atoms with E-state index in [9.17, 15) is 8.42 Å². The summed E-state index contributed by atoms with van der Waals surface area (Å²) in [7, 11) is -3.59. The Morgan fingerprint density at radius 2 is 2.37 bits per heavy atom. The highest BCUT2D eigenvalue weighted by Gasteiger charge is 2.23. The van der Waals surface area contributed by atoms with Crippen LogP contribution in [0.1, 0.15) is 23.4 Å². The van der Waals surface area contributed by atoms with E-state index in [4.69, 9.17) is 5.73 Å². The van der Waals surface area contributed by atoms with Crippen molar-refractivity contribution in [2.75, 3.05) is 0 Å². The number of aromatic nitrogens is 2. The van der Waals surface area contributed by atoms with E-state index in [-0.39, 0.29) is 10.9 Å². The minimum absolute atomic E-state index is 0.216. The molecule has 2 rings (SSSR count). The van der Waals surface area contributed by atoms with Gasteiger partial charge in [-0.1, -0.05) is 0 Å². The Bertz CT molecular complexity index is 651. The van der Waals surface area contributed by atoms with Crippen molar-refractivity contribution >= 4 is 37.3 Å². The first kappa shape index (κ1) is 14.7. The number of H-pyrrole nitrogens is 1. The van der Waals surface area contributed by atoms with Gasteiger partial charge < -0.3 is 5.73 Å². The number of aromatic amines is 1. The number of sulfonamides is 1. The highest BCUT2D eigenvalue weighted by molar-refractivity contribution is 9.11. The van der Waals surface area contributed by atoms with Gasteiger partial charge in [0.2, 0.25) is 10.0 Å². The summed E-state index contributed by atoms with van der Waals surface area (Å²) < 4.78 is 27.7. The van der Waals surface area contributed by atoms with E-state index in [2.05, 4.69) is 30.8 Å². The first-order valence-corrected chi connectivity index (χ1v) is 8.52. The minimum atomic E-state index is -3.59. The molecule has 0 saturated heterocycles. The smallest absolute Gasteiger partial charge is 0.243 e. The summed E-state index contributed by atoms with van der Waals surface area (Å²) in [5.41, 5.74) is 6.29. The Kier molecular flexibility index (Phi) is 4.41. The first-order valence-electron chi connectivity index (χ1n) is 5.43. The number of halogens is 1. The van der Waals surface area contributed by atoms with Crippen molar-refractivity contribution in [2.45, 2.75) is 24.4 Å². The third-order valence-corrected chi connectivity index (χ3v) is 6.36. The average molecular weight is 365 g/mol. The van der Waals surface area contributed by atoms with Crippen molar-refractivity contribution in [1.82, 2.24) is 14.9 Å². The molecule has 0 amide bonds. The monoisotopic (exact) mass is 364 g/mol. The lowest BCUT2D eigenvalue weighted by Gasteiger charge is -2.11. The van der Waals surface area contributed by atoms with E-state index >= 15 is 0 Å². The quantitative estimate of drug-likeness (QED) is 0.751. The Morgan fingerprint density at radius 1 is 1.63 bits per heavy atom. The summed E-state index contributed by atoms with van der Waals surface area (Å²) in [6.07, 6.45) is 3.24. The SMILES string of the molecule is CC(NS(=O)(=O)c1cc(CN)sc1Br)c1cn[nH]c1. The van der Waals surface area contributed by atoms with Crippen LogP contribution in [0.15, 0.2) is 27.1 Å². The summed E-state index contributed by atoms with van der Waals surface area (Å²) in [6.45, 7) is 2.07. The van der Waals surface area contributed by atoms with Gasteiger partial charge in [0, 0.05) is 29.2 Å². The van der Waals surface area contributed by atoms with Crippen molar-refractivity contribution in [2.24, 2.45) is 5.73 Å². The molecule has 1 atom stereocenters. The highest BCUT2D eigenvalue weighted by atomic mass is 79.9. The number of hydrogen-bond donors (Lipinski definition) is 3. The number of rotatable bonds is 5. The molecule has 6 nitrogen and oxygen atoms in total. The Morgan fingerprint density at radius 3 is 2.89 bits per heavy atom. The molecule has 1 unspecified atom stereocenters. The lowest BCUT2D eigenvalue weighted by atomic mass is 10.2. The van der Waals surface area contributed by atoms with Gasteiger partial charge >= 0.3 is 0 Å². The maximum Gasteiger partial charge on any atom is 0.243 e. The Labute approximate surface area is 123 Å². The zero-order valence-electron chi connectivity index (χ0n) is 10.1. The van der Waals surface area contributed by atoms with Gasteiger partial charge in [0.05, 0.1) is 9.98 Å². The van der Waals surface area contributed by atoms with Crippen molar-refractivity contribution in [3.8, 4) is 0 Å². The van der Waals surface area contributed by atoms with Crippen LogP contribution >= 0.6 is 27.3 Å². The van der Waals surface area contributed by atoms with Crippen LogP contribution in [0.25, 0.3) is 0 Å². The topological polar surface area (TPSA) is 101 Å². The molecule has 2 heterocycles. The van der Waals surface area contributed by atoms with Crippen LogP contribution in [-0.2, 0) is 16.6 Å². The summed E-state index contributed by atoms with van der Waals surface area (Å²) in [4.78, 5) is 1.02. The Balaban J connectivity index is 2.25. The van der Waals surface area contributed by atoms with Crippen LogP contribution in [0.3, 0.4) is 0 Å². The lowest BCUT2D eigenvalue weighted by molar-refractivity contribution is 0.567. The van der Waals surface area contributed by atoms with Gasteiger partial charge in [0.15, 0.2) is 0 Å². The van der Waals surface area contributed by atoms with E-state index in [0.29, 0.717) is 10.3 Å². The second kappa shape index (κ2) is 5.71. The molecular formula is C10H13BrN4O2S2. The maximum absolute atomic E-state index is 12.3. The summed E-state index contributed by atoms with van der Waals surface area (Å²) in [5, 5.41) is 6.45. The van der Waals surface area contributed by atoms with Gasteiger partial charge in [-0.3, -0.25) is 5.10 Å². The van der Waals surface area contributed by atoms with E-state index in [1.165, 1.54) is 11.3 Å². The molecule has 0 aliphatic heterocycles. The van der Waals surface area contributed by atoms with Crippen LogP contribution in [0.2, 0.25) is 0 Å². The van der Waals surface area contributed by atoms with Gasteiger partial charge in [-0.25, -0.2) is 13.1 Å². The molecule has 0 saturated carbocycles. The maximum atomic E-state index is 12.3. The van der Waals surface area contributed by atoms with Crippen LogP contribution in [-0.4, -0.2) is 18.6 Å². The van der Waals surface area contributed by atoms with Crippen molar-refractivity contribution in [3.63, 3.8) is 0 Å². The molecular weight excluding hydrogens is 352 g/mol. The molecule has 104 valence electrons. The third-order valence-electron chi connectivity index (χ3n) is 2.55. The number of nitrogens with zero attached hydrogens (tertiary/aromatic N) is 1. The lowest BCUT2D eigenvalue weighted by Crippen LogP contribution is -2.26. The van der Waals surface area contributed by atoms with Gasteiger partial charge in [-0.05, 0) is 28.9 Å². The normalized spacial score (nSPS) is 13.6. The first-order chi connectivity index (χ1) is 8.94. The van der Waals surface area contributed by atoms with Crippen LogP contribution < -0.4 is 10.5 Å². The number of nitrogens with two attached hydrogens (primary N) is 1. The standard InChI is InChI=1S/C10H13BrN4O2S2/c1-6(7-4-13-14-5-7)15-19(16,17)9-2-8(3-12)18-10(9)11/h2,4-6,15H,3,12H2,1H3,(H,13,14). The van der Waals surface area contributed by atoms with E-state index in [1.807, 2.05) is 0 Å². The third kappa shape index (κ3) is 3.23. The van der Waals surface area contributed by atoms with Crippen LogP contribution in [0, 0.1) is 0 Å². The minimum Gasteiger partial charge on any atom is -0.326 e. The number of nitrogens with one attached hydrogen (secondary N) is 2. The summed E-state index contributed by atoms with van der Waals surface area (Å²) in [6, 6.07) is 1.22. The molecule has 9 heteroatoms. The molecule has 2 aromatic rings. The van der Waals surface area contributed by atoms with Crippen molar-refractivity contribution < 1.29 is 8.42 Å². The van der Waals surface area contributed by atoms with E-state index in [1.54, 1.807) is 25.4 Å². The molecule has 0 spiro atoms. The highest BCUT2D eigenvalue weighted by Crippen LogP contribution is 2.32. The molecule has 0 aromatic carbocycles. The molecule has 0 aliphatic carbocycles. The zero-order valence-corrected chi connectivity index (χ0v) is 13.3. The number of thiophene rings is 1. The largest absolute Gasteiger partial charge is 0.326 e. The van der Waals surface area contributed by atoms with Crippen molar-refractivity contribution in [1.29, 1.82) is 0 Å².